The first-order valence-electron chi connectivity index (χ1n) is 12.2. The normalized spacial score (nSPS) is 13.6. The Morgan fingerprint density at radius 2 is 1.87 bits per heavy atom. The van der Waals surface area contributed by atoms with E-state index in [1.165, 1.54) is 25.3 Å². The molecule has 2 aromatic heterocycles. The fourth-order valence-electron chi connectivity index (χ4n) is 4.27. The number of nitrogens with one attached hydrogen (secondary N) is 2. The number of allylic oxidation sites excluding steroid dienone is 1. The van der Waals surface area contributed by atoms with Crippen LogP contribution < -0.4 is 24.6 Å². The van der Waals surface area contributed by atoms with Gasteiger partial charge in [-0.25, -0.2) is 13.6 Å². The molecule has 1 aliphatic rings. The number of hydrogen-bond acceptors (Lipinski definition) is 8. The van der Waals surface area contributed by atoms with Crippen LogP contribution in [-0.2, 0) is 13.1 Å². The second kappa shape index (κ2) is 11.1. The molecule has 39 heavy (non-hydrogen) atoms. The quantitative estimate of drug-likeness (QED) is 0.357. The lowest BCUT2D eigenvalue weighted by atomic mass is 10.0. The van der Waals surface area contributed by atoms with Gasteiger partial charge in [0, 0.05) is 54.3 Å². The number of anilines is 2. The number of nitrogens with zero attached hydrogens (tertiary/aromatic N) is 4. The number of ether oxygens (including phenoxy) is 2. The Hall–Kier alpha value is -4.48. The van der Waals surface area contributed by atoms with Crippen molar-refractivity contribution in [2.45, 2.75) is 39.8 Å². The van der Waals surface area contributed by atoms with Crippen molar-refractivity contribution < 1.29 is 27.6 Å². The van der Waals surface area contributed by atoms with E-state index in [4.69, 9.17) is 19.4 Å². The van der Waals surface area contributed by atoms with Crippen LogP contribution in [0.25, 0.3) is 5.57 Å². The SMILES string of the molecule is CN/C=C(\C(C)=N)c1cc2c(cn1)CN(c1c(F)c(OC)cc(OC)c1F)C(=O)N2Cc1cc(C(C)C)on1. The molecular weight excluding hydrogens is 510 g/mol. The second-order valence-electron chi connectivity index (χ2n) is 9.26. The highest BCUT2D eigenvalue weighted by Crippen LogP contribution is 2.41. The first-order valence-corrected chi connectivity index (χ1v) is 12.2. The molecule has 0 aliphatic carbocycles. The number of fused-ring (bicyclic) bond motifs is 1. The summed E-state index contributed by atoms with van der Waals surface area (Å²) in [6.07, 6.45) is 3.16. The van der Waals surface area contributed by atoms with Crippen molar-refractivity contribution in [2.24, 2.45) is 0 Å². The van der Waals surface area contributed by atoms with Crippen LogP contribution in [0.1, 0.15) is 49.4 Å². The Morgan fingerprint density at radius 1 is 1.21 bits per heavy atom. The second-order valence-corrected chi connectivity index (χ2v) is 9.26. The van der Waals surface area contributed by atoms with Gasteiger partial charge in [-0.05, 0) is 13.0 Å². The topological polar surface area (TPSA) is 117 Å². The van der Waals surface area contributed by atoms with Crippen molar-refractivity contribution in [3.8, 4) is 11.5 Å². The molecule has 0 saturated carbocycles. The van der Waals surface area contributed by atoms with Crippen LogP contribution in [0.4, 0.5) is 25.0 Å². The Labute approximate surface area is 224 Å². The zero-order valence-electron chi connectivity index (χ0n) is 22.6. The van der Waals surface area contributed by atoms with Crippen molar-refractivity contribution in [1.82, 2.24) is 15.5 Å². The Balaban J connectivity index is 1.88. The Bertz CT molecular complexity index is 1420. The first-order chi connectivity index (χ1) is 18.6. The predicted molar refractivity (Wildman–Crippen MR) is 142 cm³/mol. The summed E-state index contributed by atoms with van der Waals surface area (Å²) in [5, 5.41) is 15.1. The molecule has 0 saturated heterocycles. The van der Waals surface area contributed by atoms with Crippen molar-refractivity contribution in [3.63, 3.8) is 0 Å². The standard InChI is InChI=1S/C27H30F2N6O4/c1-14(2)21-7-17(33-39-21)13-34-20-8-19(18(11-31-4)15(3)30)32-10-16(20)12-35(27(34)36)26-24(28)22(37-5)9-23(38-6)25(26)29/h7-11,14,30-31H,12-13H2,1-6H3/b18-11+,30-15?. The molecule has 0 radical (unpaired) electrons. The van der Waals surface area contributed by atoms with E-state index in [2.05, 4.69) is 15.5 Å². The van der Waals surface area contributed by atoms with Gasteiger partial charge in [0.05, 0.1) is 38.7 Å². The molecule has 0 fully saturated rings. The molecular formula is C27H30F2N6O4. The zero-order chi connectivity index (χ0) is 28.4. The van der Waals surface area contributed by atoms with Crippen LogP contribution in [0, 0.1) is 17.0 Å². The number of aromatic nitrogens is 2. The number of carbonyl (C=O) groups excluding carboxylic acids is 1. The van der Waals surface area contributed by atoms with Crippen LogP contribution in [0.5, 0.6) is 11.5 Å². The minimum Gasteiger partial charge on any atom is -0.493 e. The minimum absolute atomic E-state index is 0.0407. The summed E-state index contributed by atoms with van der Waals surface area (Å²) in [4.78, 5) is 20.8. The van der Waals surface area contributed by atoms with Gasteiger partial charge in [-0.15, -0.1) is 0 Å². The average Bonchev–Trinajstić information content (AvgIpc) is 3.38. The summed E-state index contributed by atoms with van der Waals surface area (Å²) >= 11 is 0. The molecule has 2 amide bonds. The monoisotopic (exact) mass is 540 g/mol. The molecule has 0 bridgehead atoms. The maximum Gasteiger partial charge on any atom is 0.329 e. The fourth-order valence-corrected chi connectivity index (χ4v) is 4.27. The summed E-state index contributed by atoms with van der Waals surface area (Å²) < 4.78 is 46.5. The van der Waals surface area contributed by atoms with Gasteiger partial charge in [0.2, 0.25) is 0 Å². The molecule has 2 N–H and O–H groups in total. The Kier molecular flexibility index (Phi) is 7.84. The molecule has 206 valence electrons. The van der Waals surface area contributed by atoms with Gasteiger partial charge in [0.1, 0.15) is 17.1 Å². The third-order valence-electron chi connectivity index (χ3n) is 6.30. The van der Waals surface area contributed by atoms with Crippen molar-refractivity contribution >= 4 is 28.7 Å². The number of amides is 2. The summed E-state index contributed by atoms with van der Waals surface area (Å²) in [5.74, 6) is -1.93. The van der Waals surface area contributed by atoms with Gasteiger partial charge in [-0.2, -0.15) is 0 Å². The lowest BCUT2D eigenvalue weighted by molar-refractivity contribution is 0.249. The number of halogens is 2. The first kappa shape index (κ1) is 27.6. The highest BCUT2D eigenvalue weighted by Gasteiger charge is 2.37. The lowest BCUT2D eigenvalue weighted by Crippen LogP contribution is -2.48. The molecule has 1 aromatic carbocycles. The van der Waals surface area contributed by atoms with Crippen LogP contribution in [-0.4, -0.2) is 43.2 Å². The molecule has 0 unspecified atom stereocenters. The van der Waals surface area contributed by atoms with Crippen LogP contribution in [0.2, 0.25) is 0 Å². The molecule has 3 heterocycles. The molecule has 12 heteroatoms. The van der Waals surface area contributed by atoms with Gasteiger partial charge < -0.3 is 24.7 Å². The minimum atomic E-state index is -1.04. The predicted octanol–water partition coefficient (Wildman–Crippen LogP) is 5.24. The van der Waals surface area contributed by atoms with Gasteiger partial charge in [-0.1, -0.05) is 19.0 Å². The number of rotatable bonds is 9. The maximum absolute atomic E-state index is 15.5. The molecule has 0 atom stereocenters. The smallest absolute Gasteiger partial charge is 0.329 e. The van der Waals surface area contributed by atoms with E-state index in [0.29, 0.717) is 34.0 Å². The van der Waals surface area contributed by atoms with Gasteiger partial charge in [-0.3, -0.25) is 14.8 Å². The Morgan fingerprint density at radius 3 is 2.41 bits per heavy atom. The van der Waals surface area contributed by atoms with Gasteiger partial charge >= 0.3 is 6.03 Å². The van der Waals surface area contributed by atoms with E-state index in [0.717, 1.165) is 11.0 Å². The molecule has 3 aromatic rings. The molecule has 0 spiro atoms. The van der Waals surface area contributed by atoms with E-state index in [-0.39, 0.29) is 36.2 Å². The average molecular weight is 541 g/mol. The maximum atomic E-state index is 15.5. The third-order valence-corrected chi connectivity index (χ3v) is 6.30. The summed E-state index contributed by atoms with van der Waals surface area (Å²) in [6.45, 7) is 5.30. The molecule has 4 rings (SSSR count). The van der Waals surface area contributed by atoms with E-state index in [9.17, 15) is 4.79 Å². The van der Waals surface area contributed by atoms with Gasteiger partial charge in [0.15, 0.2) is 23.1 Å². The van der Waals surface area contributed by atoms with E-state index in [1.807, 2.05) is 13.8 Å². The van der Waals surface area contributed by atoms with Crippen LogP contribution in [0.15, 0.2) is 35.1 Å². The number of pyridine rings is 1. The summed E-state index contributed by atoms with van der Waals surface area (Å²) in [5.41, 5.74) is 2.07. The summed E-state index contributed by atoms with van der Waals surface area (Å²) in [7, 11) is 4.18. The van der Waals surface area contributed by atoms with Gasteiger partial charge in [0.25, 0.3) is 0 Å². The van der Waals surface area contributed by atoms with Crippen molar-refractivity contribution in [3.05, 3.63) is 64.9 Å². The largest absolute Gasteiger partial charge is 0.493 e. The van der Waals surface area contributed by atoms with Crippen LogP contribution >= 0.6 is 0 Å². The highest BCUT2D eigenvalue weighted by atomic mass is 19.1. The van der Waals surface area contributed by atoms with Crippen LogP contribution in [0.3, 0.4) is 0 Å². The number of benzene rings is 1. The third kappa shape index (κ3) is 5.14. The van der Waals surface area contributed by atoms with Crippen molar-refractivity contribution in [1.29, 1.82) is 5.41 Å². The number of methoxy groups -OCH3 is 2. The van der Waals surface area contributed by atoms with E-state index in [1.54, 1.807) is 32.3 Å². The fraction of sp³-hybridized carbons (Fsp3) is 0.333. The number of carbonyl (C=O) groups is 1. The molecule has 10 nitrogen and oxygen atoms in total. The number of urea groups is 1. The van der Waals surface area contributed by atoms with E-state index < -0.39 is 23.4 Å². The number of hydrogen-bond donors (Lipinski definition) is 2. The lowest BCUT2D eigenvalue weighted by Gasteiger charge is -2.37. The molecule has 1 aliphatic heterocycles. The van der Waals surface area contributed by atoms with Crippen molar-refractivity contribution in [2.75, 3.05) is 31.1 Å². The van der Waals surface area contributed by atoms with E-state index >= 15 is 8.78 Å². The summed E-state index contributed by atoms with van der Waals surface area (Å²) in [6, 6.07) is 3.80. The highest BCUT2D eigenvalue weighted by molar-refractivity contribution is 6.20. The zero-order valence-corrected chi connectivity index (χ0v) is 22.6.